The zero-order valence-electron chi connectivity index (χ0n) is 13.0. The molecule has 0 aromatic heterocycles. The van der Waals surface area contributed by atoms with E-state index in [0.717, 1.165) is 25.9 Å². The van der Waals surface area contributed by atoms with E-state index in [1.807, 2.05) is 11.8 Å². The highest BCUT2D eigenvalue weighted by Crippen LogP contribution is 2.42. The van der Waals surface area contributed by atoms with Crippen LogP contribution in [0.3, 0.4) is 0 Å². The van der Waals surface area contributed by atoms with E-state index in [-0.39, 0.29) is 5.92 Å². The molecule has 1 amide bonds. The van der Waals surface area contributed by atoms with Gasteiger partial charge in [0.05, 0.1) is 6.61 Å². The Balaban J connectivity index is 1.91. The molecule has 2 saturated carbocycles. The standard InChI is InChI=1S/C16H30N2O2/c1-3-18(8-9-20-4-2)16(19)14-10-12-6-5-7-13(11-14)15(12)17/h12-15H,3-11,17H2,1-2H3. The first-order valence-electron chi connectivity index (χ1n) is 8.29. The van der Waals surface area contributed by atoms with Crippen LogP contribution < -0.4 is 5.73 Å². The first kappa shape index (κ1) is 15.8. The lowest BCUT2D eigenvalue weighted by Crippen LogP contribution is -2.50. The quantitative estimate of drug-likeness (QED) is 0.758. The van der Waals surface area contributed by atoms with E-state index in [0.29, 0.717) is 37.0 Å². The molecule has 4 heteroatoms. The molecular weight excluding hydrogens is 252 g/mol. The van der Waals surface area contributed by atoms with Crippen molar-refractivity contribution in [2.75, 3.05) is 26.3 Å². The van der Waals surface area contributed by atoms with Crippen molar-refractivity contribution in [3.8, 4) is 0 Å². The molecule has 2 N–H and O–H groups in total. The summed E-state index contributed by atoms with van der Waals surface area (Å²) in [7, 11) is 0. The number of hydrogen-bond acceptors (Lipinski definition) is 3. The zero-order valence-corrected chi connectivity index (χ0v) is 13.0. The molecule has 2 rings (SSSR count). The molecule has 2 atom stereocenters. The summed E-state index contributed by atoms with van der Waals surface area (Å²) in [5.74, 6) is 1.67. The summed E-state index contributed by atoms with van der Waals surface area (Å²) in [5.41, 5.74) is 6.31. The molecule has 0 heterocycles. The molecule has 2 fully saturated rings. The fourth-order valence-electron chi connectivity index (χ4n) is 3.99. The van der Waals surface area contributed by atoms with Crippen molar-refractivity contribution < 1.29 is 9.53 Å². The van der Waals surface area contributed by atoms with Gasteiger partial charge in [-0.15, -0.1) is 0 Å². The number of nitrogens with zero attached hydrogens (tertiary/aromatic N) is 1. The number of hydrogen-bond donors (Lipinski definition) is 1. The summed E-state index contributed by atoms with van der Waals surface area (Å²) in [6.45, 7) is 6.91. The number of fused-ring (bicyclic) bond motifs is 2. The van der Waals surface area contributed by atoms with Crippen LogP contribution in [0.15, 0.2) is 0 Å². The van der Waals surface area contributed by atoms with Crippen molar-refractivity contribution in [1.82, 2.24) is 4.90 Å². The van der Waals surface area contributed by atoms with Gasteiger partial charge in [-0.3, -0.25) is 4.79 Å². The second-order valence-electron chi connectivity index (χ2n) is 6.31. The topological polar surface area (TPSA) is 55.6 Å². The van der Waals surface area contributed by atoms with Crippen LogP contribution in [0.2, 0.25) is 0 Å². The maximum absolute atomic E-state index is 12.7. The Hall–Kier alpha value is -0.610. The highest BCUT2D eigenvalue weighted by atomic mass is 16.5. The molecule has 116 valence electrons. The number of likely N-dealkylation sites (N-methyl/N-ethyl adjacent to an activating group) is 1. The average Bonchev–Trinajstić information content (AvgIpc) is 2.43. The SMILES string of the molecule is CCOCCN(CC)C(=O)C1CC2CCCC(C1)C2N. The minimum atomic E-state index is 0.201. The van der Waals surface area contributed by atoms with Crippen LogP contribution in [0.1, 0.15) is 46.0 Å². The van der Waals surface area contributed by atoms with Crippen molar-refractivity contribution >= 4 is 5.91 Å². The minimum Gasteiger partial charge on any atom is -0.380 e. The third-order valence-electron chi connectivity index (χ3n) is 5.17. The number of rotatable bonds is 6. The highest BCUT2D eigenvalue weighted by molar-refractivity contribution is 5.79. The number of carbonyl (C=O) groups excluding carboxylic acids is 1. The highest BCUT2D eigenvalue weighted by Gasteiger charge is 2.41. The fraction of sp³-hybridized carbons (Fsp3) is 0.938. The molecule has 0 aromatic rings. The molecule has 2 aliphatic rings. The van der Waals surface area contributed by atoms with Crippen molar-refractivity contribution in [2.24, 2.45) is 23.5 Å². The number of carbonyl (C=O) groups is 1. The largest absolute Gasteiger partial charge is 0.380 e. The molecule has 0 radical (unpaired) electrons. The van der Waals surface area contributed by atoms with Gasteiger partial charge in [-0.25, -0.2) is 0 Å². The summed E-state index contributed by atoms with van der Waals surface area (Å²) >= 11 is 0. The summed E-state index contributed by atoms with van der Waals surface area (Å²) in [5, 5.41) is 0. The second-order valence-corrected chi connectivity index (χ2v) is 6.31. The molecule has 4 nitrogen and oxygen atoms in total. The lowest BCUT2D eigenvalue weighted by molar-refractivity contribution is -0.139. The zero-order chi connectivity index (χ0) is 14.5. The van der Waals surface area contributed by atoms with Crippen molar-refractivity contribution in [3.05, 3.63) is 0 Å². The summed E-state index contributed by atoms with van der Waals surface area (Å²) in [4.78, 5) is 14.7. The van der Waals surface area contributed by atoms with E-state index >= 15 is 0 Å². The molecule has 0 spiro atoms. The predicted octanol–water partition coefficient (Wildman–Crippen LogP) is 2.02. The predicted molar refractivity (Wildman–Crippen MR) is 80.3 cm³/mol. The van der Waals surface area contributed by atoms with Crippen LogP contribution in [0.4, 0.5) is 0 Å². The number of amides is 1. The van der Waals surface area contributed by atoms with Crippen LogP contribution in [-0.2, 0) is 9.53 Å². The van der Waals surface area contributed by atoms with Gasteiger partial charge in [0, 0.05) is 31.7 Å². The summed E-state index contributed by atoms with van der Waals surface area (Å²) < 4.78 is 5.38. The van der Waals surface area contributed by atoms with E-state index in [2.05, 4.69) is 6.92 Å². The Bertz CT molecular complexity index is 308. The Labute approximate surface area is 123 Å². The van der Waals surface area contributed by atoms with Gasteiger partial charge in [0.25, 0.3) is 0 Å². The molecule has 2 unspecified atom stereocenters. The van der Waals surface area contributed by atoms with Crippen molar-refractivity contribution in [3.63, 3.8) is 0 Å². The third-order valence-corrected chi connectivity index (χ3v) is 5.17. The molecule has 2 aliphatic carbocycles. The van der Waals surface area contributed by atoms with Crippen molar-refractivity contribution in [1.29, 1.82) is 0 Å². The van der Waals surface area contributed by atoms with Gasteiger partial charge in [0.15, 0.2) is 0 Å². The van der Waals surface area contributed by atoms with E-state index < -0.39 is 0 Å². The molecule has 0 aromatic carbocycles. The van der Waals surface area contributed by atoms with Crippen LogP contribution in [0.5, 0.6) is 0 Å². The minimum absolute atomic E-state index is 0.201. The molecule has 0 saturated heterocycles. The maximum Gasteiger partial charge on any atom is 0.225 e. The van der Waals surface area contributed by atoms with Crippen LogP contribution >= 0.6 is 0 Å². The van der Waals surface area contributed by atoms with Crippen LogP contribution in [0.25, 0.3) is 0 Å². The first-order chi connectivity index (χ1) is 9.67. The molecule has 0 aliphatic heterocycles. The Morgan fingerprint density at radius 1 is 1.25 bits per heavy atom. The van der Waals surface area contributed by atoms with E-state index in [9.17, 15) is 4.79 Å². The fourth-order valence-corrected chi connectivity index (χ4v) is 3.99. The van der Waals surface area contributed by atoms with Gasteiger partial charge in [-0.2, -0.15) is 0 Å². The Morgan fingerprint density at radius 3 is 2.45 bits per heavy atom. The molecular formula is C16H30N2O2. The van der Waals surface area contributed by atoms with Crippen LogP contribution in [0, 0.1) is 17.8 Å². The van der Waals surface area contributed by atoms with E-state index in [1.165, 1.54) is 19.3 Å². The van der Waals surface area contributed by atoms with Gasteiger partial charge in [-0.1, -0.05) is 6.42 Å². The van der Waals surface area contributed by atoms with Gasteiger partial charge >= 0.3 is 0 Å². The maximum atomic E-state index is 12.7. The monoisotopic (exact) mass is 282 g/mol. The number of nitrogens with two attached hydrogens (primary N) is 1. The molecule has 20 heavy (non-hydrogen) atoms. The first-order valence-corrected chi connectivity index (χ1v) is 8.29. The number of ether oxygens (including phenoxy) is 1. The third kappa shape index (κ3) is 3.53. The normalized spacial score (nSPS) is 33.0. The second kappa shape index (κ2) is 7.41. The molecule has 2 bridgehead atoms. The Kier molecular flexibility index (Phi) is 5.85. The lowest BCUT2D eigenvalue weighted by atomic mass is 9.65. The van der Waals surface area contributed by atoms with E-state index in [4.69, 9.17) is 10.5 Å². The lowest BCUT2D eigenvalue weighted by Gasteiger charge is -2.44. The van der Waals surface area contributed by atoms with Gasteiger partial charge in [-0.05, 0) is 51.4 Å². The Morgan fingerprint density at radius 2 is 1.90 bits per heavy atom. The van der Waals surface area contributed by atoms with Gasteiger partial charge < -0.3 is 15.4 Å². The summed E-state index contributed by atoms with van der Waals surface area (Å²) in [6, 6.07) is 0.339. The van der Waals surface area contributed by atoms with Gasteiger partial charge in [0.2, 0.25) is 5.91 Å². The summed E-state index contributed by atoms with van der Waals surface area (Å²) in [6.07, 6.45) is 5.73. The van der Waals surface area contributed by atoms with Crippen LogP contribution in [-0.4, -0.2) is 43.2 Å². The van der Waals surface area contributed by atoms with Gasteiger partial charge in [0.1, 0.15) is 0 Å². The van der Waals surface area contributed by atoms with Crippen molar-refractivity contribution in [2.45, 2.75) is 52.0 Å². The smallest absolute Gasteiger partial charge is 0.225 e. The van der Waals surface area contributed by atoms with E-state index in [1.54, 1.807) is 0 Å². The average molecular weight is 282 g/mol.